The fourth-order valence-electron chi connectivity index (χ4n) is 3.40. The molecule has 0 radical (unpaired) electrons. The van der Waals surface area contributed by atoms with Crippen LogP contribution in [0.25, 0.3) is 0 Å². The summed E-state index contributed by atoms with van der Waals surface area (Å²) in [6.45, 7) is 3.53. The fraction of sp³-hybridized carbons (Fsp3) is 0.579. The second-order valence-corrected chi connectivity index (χ2v) is 6.71. The van der Waals surface area contributed by atoms with E-state index in [1.54, 1.807) is 13.1 Å². The predicted molar refractivity (Wildman–Crippen MR) is 102 cm³/mol. The Kier molecular flexibility index (Phi) is 6.89. The number of nitrogens with zero attached hydrogens (tertiary/aromatic N) is 2. The molecule has 0 bridgehead atoms. The molecule has 2 fully saturated rings. The Hall–Kier alpha value is -2.32. The van der Waals surface area contributed by atoms with Gasteiger partial charge in [0.05, 0.1) is 12.7 Å². The Labute approximate surface area is 159 Å². The second-order valence-electron chi connectivity index (χ2n) is 6.71. The van der Waals surface area contributed by atoms with E-state index in [4.69, 9.17) is 19.9 Å². The molecule has 0 saturated carbocycles. The van der Waals surface area contributed by atoms with Crippen molar-refractivity contribution >= 4 is 11.9 Å². The summed E-state index contributed by atoms with van der Waals surface area (Å²) in [5.74, 6) is 0.963. The van der Waals surface area contributed by atoms with Gasteiger partial charge in [0.1, 0.15) is 11.9 Å². The lowest BCUT2D eigenvalue weighted by molar-refractivity contribution is -0.119. The van der Waals surface area contributed by atoms with Crippen LogP contribution in [0.3, 0.4) is 0 Å². The van der Waals surface area contributed by atoms with Gasteiger partial charge in [0.25, 0.3) is 5.91 Å². The van der Waals surface area contributed by atoms with Crippen molar-refractivity contribution in [3.63, 3.8) is 0 Å². The molecule has 1 aromatic carbocycles. The van der Waals surface area contributed by atoms with Gasteiger partial charge in [-0.05, 0) is 30.5 Å². The highest BCUT2D eigenvalue weighted by Gasteiger charge is 2.32. The maximum atomic E-state index is 10.9. The van der Waals surface area contributed by atoms with E-state index in [0.717, 1.165) is 44.1 Å². The maximum Gasteiger partial charge on any atom is 0.255 e. The van der Waals surface area contributed by atoms with Crippen molar-refractivity contribution in [2.24, 2.45) is 10.7 Å². The second kappa shape index (κ2) is 9.57. The van der Waals surface area contributed by atoms with Crippen LogP contribution in [0, 0.1) is 0 Å². The van der Waals surface area contributed by atoms with E-state index in [1.807, 2.05) is 18.2 Å². The number of amides is 1. The van der Waals surface area contributed by atoms with Gasteiger partial charge >= 0.3 is 0 Å². The van der Waals surface area contributed by atoms with Crippen LogP contribution in [-0.4, -0.2) is 68.9 Å². The lowest BCUT2D eigenvalue weighted by Gasteiger charge is -2.37. The first-order valence-corrected chi connectivity index (χ1v) is 9.34. The summed E-state index contributed by atoms with van der Waals surface area (Å²) in [5.41, 5.74) is 6.15. The van der Waals surface area contributed by atoms with Crippen LogP contribution in [0.4, 0.5) is 0 Å². The van der Waals surface area contributed by atoms with Crippen LogP contribution in [0.2, 0.25) is 0 Å². The van der Waals surface area contributed by atoms with Gasteiger partial charge in [-0.15, -0.1) is 0 Å². The molecule has 0 spiro atoms. The molecule has 27 heavy (non-hydrogen) atoms. The average molecular weight is 376 g/mol. The zero-order chi connectivity index (χ0) is 19.1. The minimum absolute atomic E-state index is 0.0883. The number of primary amides is 1. The van der Waals surface area contributed by atoms with Gasteiger partial charge < -0.3 is 30.2 Å². The first kappa shape index (κ1) is 19.4. The van der Waals surface area contributed by atoms with E-state index in [0.29, 0.717) is 18.9 Å². The SMILES string of the molecule is CN=C(NCc1cccc(OCC(N)=O)c1)N1CCOC(C2CCCO2)C1. The number of rotatable bonds is 6. The van der Waals surface area contributed by atoms with Crippen molar-refractivity contribution in [2.75, 3.05) is 40.0 Å². The molecule has 8 heteroatoms. The summed E-state index contributed by atoms with van der Waals surface area (Å²) in [7, 11) is 1.78. The summed E-state index contributed by atoms with van der Waals surface area (Å²) in [6.07, 6.45) is 2.43. The number of morpholine rings is 1. The highest BCUT2D eigenvalue weighted by molar-refractivity contribution is 5.80. The normalized spacial score (nSPS) is 23.3. The Bertz CT molecular complexity index is 661. The number of nitrogens with one attached hydrogen (secondary N) is 1. The first-order valence-electron chi connectivity index (χ1n) is 9.34. The Morgan fingerprint density at radius 2 is 2.22 bits per heavy atom. The molecule has 2 unspecified atom stereocenters. The molecular weight excluding hydrogens is 348 g/mol. The summed E-state index contributed by atoms with van der Waals surface area (Å²) >= 11 is 0. The number of hydrogen-bond donors (Lipinski definition) is 2. The molecule has 3 rings (SSSR count). The van der Waals surface area contributed by atoms with E-state index in [9.17, 15) is 4.79 Å². The van der Waals surface area contributed by atoms with Crippen molar-refractivity contribution in [3.8, 4) is 5.75 Å². The van der Waals surface area contributed by atoms with E-state index >= 15 is 0 Å². The number of aliphatic imine (C=N–C) groups is 1. The van der Waals surface area contributed by atoms with Crippen LogP contribution in [-0.2, 0) is 20.8 Å². The zero-order valence-corrected chi connectivity index (χ0v) is 15.7. The number of nitrogens with two attached hydrogens (primary N) is 1. The van der Waals surface area contributed by atoms with Gasteiger partial charge in [-0.1, -0.05) is 12.1 Å². The summed E-state index contributed by atoms with van der Waals surface area (Å²) in [4.78, 5) is 17.5. The van der Waals surface area contributed by atoms with Crippen molar-refractivity contribution in [1.29, 1.82) is 0 Å². The van der Waals surface area contributed by atoms with Crippen LogP contribution < -0.4 is 15.8 Å². The molecule has 148 valence electrons. The van der Waals surface area contributed by atoms with Crippen LogP contribution in [0.5, 0.6) is 5.75 Å². The Morgan fingerprint density at radius 1 is 1.37 bits per heavy atom. The number of guanidine groups is 1. The van der Waals surface area contributed by atoms with E-state index in [-0.39, 0.29) is 18.8 Å². The third-order valence-corrected chi connectivity index (χ3v) is 4.71. The van der Waals surface area contributed by atoms with Gasteiger partial charge in [0, 0.05) is 33.3 Å². The average Bonchev–Trinajstić information content (AvgIpc) is 3.22. The lowest BCUT2D eigenvalue weighted by atomic mass is 10.1. The van der Waals surface area contributed by atoms with Crippen LogP contribution in [0.15, 0.2) is 29.3 Å². The molecule has 0 aliphatic carbocycles. The molecule has 8 nitrogen and oxygen atoms in total. The van der Waals surface area contributed by atoms with E-state index in [2.05, 4.69) is 15.2 Å². The predicted octanol–water partition coefficient (Wildman–Crippen LogP) is 0.506. The molecule has 2 aliphatic rings. The molecule has 0 aromatic heterocycles. The summed E-state index contributed by atoms with van der Waals surface area (Å²) < 4.78 is 17.0. The third-order valence-electron chi connectivity index (χ3n) is 4.71. The highest BCUT2D eigenvalue weighted by atomic mass is 16.5. The smallest absolute Gasteiger partial charge is 0.255 e. The Balaban J connectivity index is 1.54. The summed E-state index contributed by atoms with van der Waals surface area (Å²) in [5, 5.41) is 3.39. The van der Waals surface area contributed by atoms with Crippen molar-refractivity contribution in [1.82, 2.24) is 10.2 Å². The molecule has 1 amide bonds. The monoisotopic (exact) mass is 376 g/mol. The molecule has 2 aliphatic heterocycles. The number of ether oxygens (including phenoxy) is 3. The molecule has 3 N–H and O–H groups in total. The number of hydrogen-bond acceptors (Lipinski definition) is 5. The summed E-state index contributed by atoms with van der Waals surface area (Å²) in [6, 6.07) is 7.57. The number of carbonyl (C=O) groups excluding carboxylic acids is 1. The van der Waals surface area contributed by atoms with Gasteiger partial charge in [0.2, 0.25) is 0 Å². The van der Waals surface area contributed by atoms with Gasteiger partial charge in [-0.25, -0.2) is 0 Å². The number of benzene rings is 1. The lowest BCUT2D eigenvalue weighted by Crippen LogP contribution is -2.53. The van der Waals surface area contributed by atoms with Gasteiger partial charge in [0.15, 0.2) is 12.6 Å². The Morgan fingerprint density at radius 3 is 2.96 bits per heavy atom. The topological polar surface area (TPSA) is 98.4 Å². The van der Waals surface area contributed by atoms with Gasteiger partial charge in [-0.2, -0.15) is 0 Å². The van der Waals surface area contributed by atoms with Crippen LogP contribution >= 0.6 is 0 Å². The van der Waals surface area contributed by atoms with E-state index < -0.39 is 5.91 Å². The first-order chi connectivity index (χ1) is 13.2. The molecular formula is C19H28N4O4. The minimum Gasteiger partial charge on any atom is -0.484 e. The van der Waals surface area contributed by atoms with Crippen molar-refractivity contribution in [3.05, 3.63) is 29.8 Å². The standard InChI is InChI=1S/C19H28N4O4/c1-21-19(23-7-9-26-17(12-23)16-6-3-8-25-16)22-11-14-4-2-5-15(10-14)27-13-18(20)24/h2,4-5,10,16-17H,3,6-9,11-13H2,1H3,(H2,20,24)(H,21,22). The number of carbonyl (C=O) groups is 1. The minimum atomic E-state index is -0.493. The third kappa shape index (κ3) is 5.58. The highest BCUT2D eigenvalue weighted by Crippen LogP contribution is 2.21. The van der Waals surface area contributed by atoms with Gasteiger partial charge in [-0.3, -0.25) is 9.79 Å². The quantitative estimate of drug-likeness (QED) is 0.554. The van der Waals surface area contributed by atoms with Crippen LogP contribution in [0.1, 0.15) is 18.4 Å². The molecule has 2 heterocycles. The maximum absolute atomic E-state index is 10.9. The zero-order valence-electron chi connectivity index (χ0n) is 15.7. The van der Waals surface area contributed by atoms with Crippen molar-refractivity contribution in [2.45, 2.75) is 31.6 Å². The molecule has 2 saturated heterocycles. The van der Waals surface area contributed by atoms with E-state index in [1.165, 1.54) is 0 Å². The molecule has 2 atom stereocenters. The largest absolute Gasteiger partial charge is 0.484 e. The van der Waals surface area contributed by atoms with Crippen molar-refractivity contribution < 1.29 is 19.0 Å². The fourth-order valence-corrected chi connectivity index (χ4v) is 3.40. The molecule has 1 aromatic rings.